The van der Waals surface area contributed by atoms with Crippen molar-refractivity contribution >= 4 is 11.9 Å². The van der Waals surface area contributed by atoms with Crippen molar-refractivity contribution in [2.45, 2.75) is 403 Å². The number of amides is 1. The number of carbonyl (C=O) groups is 2. The lowest BCUT2D eigenvalue weighted by Gasteiger charge is -2.40. The Balaban J connectivity index is 1.90. The molecule has 0 spiro atoms. The highest BCUT2D eigenvalue weighted by atomic mass is 16.7. The van der Waals surface area contributed by atoms with Crippen LogP contribution in [0.1, 0.15) is 361 Å². The maximum atomic E-state index is 13.0. The number of esters is 1. The Morgan fingerprint density at radius 1 is 0.416 bits per heavy atom. The van der Waals surface area contributed by atoms with Gasteiger partial charge < -0.3 is 45.1 Å². The van der Waals surface area contributed by atoms with Crippen molar-refractivity contribution in [3.05, 3.63) is 60.8 Å². The Bertz CT molecular complexity index is 1660. The van der Waals surface area contributed by atoms with Gasteiger partial charge in [0.1, 0.15) is 24.4 Å². The summed E-state index contributed by atoms with van der Waals surface area (Å²) >= 11 is 0. The zero-order valence-corrected chi connectivity index (χ0v) is 57.9. The number of unbranched alkanes of at least 4 members (excludes halogenated alkanes) is 45. The van der Waals surface area contributed by atoms with Gasteiger partial charge in [-0.1, -0.05) is 306 Å². The van der Waals surface area contributed by atoms with Gasteiger partial charge >= 0.3 is 5.97 Å². The second-order valence-electron chi connectivity index (χ2n) is 26.3. The third-order valence-corrected chi connectivity index (χ3v) is 17.8. The lowest BCUT2D eigenvalue weighted by molar-refractivity contribution is -0.302. The van der Waals surface area contributed by atoms with E-state index in [9.17, 15) is 35.1 Å². The number of nitrogens with one attached hydrogen (secondary N) is 1. The van der Waals surface area contributed by atoms with Crippen LogP contribution in [0.25, 0.3) is 0 Å². The summed E-state index contributed by atoms with van der Waals surface area (Å²) in [4.78, 5) is 25.1. The minimum absolute atomic E-state index is 0.00381. The Kier molecular flexibility index (Phi) is 63.3. The third-order valence-electron chi connectivity index (χ3n) is 17.8. The molecular weight excluding hydrogens is 1110 g/mol. The van der Waals surface area contributed by atoms with Crippen LogP contribution in [0.2, 0.25) is 0 Å². The van der Waals surface area contributed by atoms with E-state index in [1.807, 2.05) is 6.08 Å². The van der Waals surface area contributed by atoms with E-state index in [0.717, 1.165) is 64.2 Å². The van der Waals surface area contributed by atoms with Crippen molar-refractivity contribution in [2.24, 2.45) is 0 Å². The number of rotatable bonds is 67. The topological polar surface area (TPSA) is 175 Å². The van der Waals surface area contributed by atoms with Gasteiger partial charge in [-0.05, 0) is 103 Å². The molecule has 7 atom stereocenters. The molecule has 11 heteroatoms. The highest BCUT2D eigenvalue weighted by Gasteiger charge is 2.44. The summed E-state index contributed by atoms with van der Waals surface area (Å²) in [5.74, 6) is -0.186. The van der Waals surface area contributed by atoms with Crippen LogP contribution in [0.3, 0.4) is 0 Å². The Morgan fingerprint density at radius 2 is 0.764 bits per heavy atom. The number of hydrogen-bond donors (Lipinski definition) is 6. The van der Waals surface area contributed by atoms with Crippen LogP contribution in [0, 0.1) is 0 Å². The summed E-state index contributed by atoms with van der Waals surface area (Å²) in [5, 5.41) is 54.3. The Hall–Kier alpha value is -2.64. The predicted molar refractivity (Wildman–Crippen MR) is 375 cm³/mol. The van der Waals surface area contributed by atoms with Crippen molar-refractivity contribution in [1.82, 2.24) is 5.32 Å². The van der Waals surface area contributed by atoms with Crippen LogP contribution in [-0.4, -0.2) is 100 Å². The largest absolute Gasteiger partial charge is 0.466 e. The van der Waals surface area contributed by atoms with E-state index in [4.69, 9.17) is 14.2 Å². The fourth-order valence-electron chi connectivity index (χ4n) is 11.8. The maximum Gasteiger partial charge on any atom is 0.305 e. The number of ether oxygens (including phenoxy) is 3. The fourth-order valence-corrected chi connectivity index (χ4v) is 11.8. The van der Waals surface area contributed by atoms with Crippen molar-refractivity contribution in [1.29, 1.82) is 0 Å². The van der Waals surface area contributed by atoms with Gasteiger partial charge in [0.15, 0.2) is 6.29 Å². The quantitative estimate of drug-likeness (QED) is 0.0195. The number of aliphatic hydroxyl groups excluding tert-OH is 5. The average Bonchev–Trinajstić information content (AvgIpc) is 3.11. The average molecular weight is 1250 g/mol. The van der Waals surface area contributed by atoms with Gasteiger partial charge in [-0.3, -0.25) is 9.59 Å². The van der Waals surface area contributed by atoms with E-state index < -0.39 is 49.5 Å². The fraction of sp³-hybridized carbons (Fsp3) is 0.846. The van der Waals surface area contributed by atoms with Gasteiger partial charge in [-0.2, -0.15) is 0 Å². The van der Waals surface area contributed by atoms with Gasteiger partial charge in [-0.15, -0.1) is 0 Å². The Labute approximate surface area is 548 Å². The molecule has 6 N–H and O–H groups in total. The van der Waals surface area contributed by atoms with E-state index in [-0.39, 0.29) is 18.5 Å². The molecule has 0 aromatic heterocycles. The summed E-state index contributed by atoms with van der Waals surface area (Å²) in [7, 11) is 0. The minimum Gasteiger partial charge on any atom is -0.466 e. The smallest absolute Gasteiger partial charge is 0.305 e. The van der Waals surface area contributed by atoms with E-state index in [1.165, 1.54) is 270 Å². The highest BCUT2D eigenvalue weighted by Crippen LogP contribution is 2.23. The van der Waals surface area contributed by atoms with E-state index in [0.29, 0.717) is 19.4 Å². The first-order chi connectivity index (χ1) is 43.7. The van der Waals surface area contributed by atoms with Crippen LogP contribution in [0.15, 0.2) is 60.8 Å². The normalized spacial score (nSPS) is 18.0. The van der Waals surface area contributed by atoms with Crippen molar-refractivity contribution in [3.63, 3.8) is 0 Å². The van der Waals surface area contributed by atoms with E-state index in [2.05, 4.69) is 67.8 Å². The minimum atomic E-state index is -1.58. The molecule has 520 valence electrons. The van der Waals surface area contributed by atoms with Crippen molar-refractivity contribution < 1.29 is 49.3 Å². The zero-order chi connectivity index (χ0) is 64.4. The van der Waals surface area contributed by atoms with E-state index in [1.54, 1.807) is 6.08 Å². The van der Waals surface area contributed by atoms with Gasteiger partial charge in [0.25, 0.3) is 0 Å². The van der Waals surface area contributed by atoms with Gasteiger partial charge in [-0.25, -0.2) is 0 Å². The first-order valence-corrected chi connectivity index (χ1v) is 38.1. The molecule has 0 aromatic carbocycles. The number of allylic oxidation sites excluding steroid dienone is 9. The molecule has 1 heterocycles. The highest BCUT2D eigenvalue weighted by molar-refractivity contribution is 5.76. The van der Waals surface area contributed by atoms with Gasteiger partial charge in [0.05, 0.1) is 32.0 Å². The summed E-state index contributed by atoms with van der Waals surface area (Å²) in [6.45, 7) is 4.31. The second kappa shape index (κ2) is 66.8. The predicted octanol–water partition coefficient (Wildman–Crippen LogP) is 20.1. The lowest BCUT2D eigenvalue weighted by Crippen LogP contribution is -2.60. The molecule has 1 aliphatic heterocycles. The molecule has 0 saturated carbocycles. The summed E-state index contributed by atoms with van der Waals surface area (Å²) in [6, 6.07) is -0.825. The number of carbonyl (C=O) groups excluding carboxylic acids is 2. The lowest BCUT2D eigenvalue weighted by atomic mass is 9.99. The first kappa shape index (κ1) is 84.4. The van der Waals surface area contributed by atoms with Gasteiger partial charge in [0, 0.05) is 12.8 Å². The molecule has 11 nitrogen and oxygen atoms in total. The van der Waals surface area contributed by atoms with Gasteiger partial charge in [0.2, 0.25) is 5.91 Å². The number of aliphatic hydroxyl groups is 5. The molecular formula is C78H143NO10. The maximum absolute atomic E-state index is 13.0. The number of hydrogen-bond acceptors (Lipinski definition) is 10. The van der Waals surface area contributed by atoms with Crippen LogP contribution >= 0.6 is 0 Å². The molecule has 0 aromatic rings. The van der Waals surface area contributed by atoms with Crippen LogP contribution in [0.5, 0.6) is 0 Å². The van der Waals surface area contributed by atoms with Crippen LogP contribution < -0.4 is 5.32 Å². The first-order valence-electron chi connectivity index (χ1n) is 38.1. The van der Waals surface area contributed by atoms with E-state index >= 15 is 0 Å². The molecule has 1 saturated heterocycles. The summed E-state index contributed by atoms with van der Waals surface area (Å²) in [5.41, 5.74) is 0. The molecule has 1 rings (SSSR count). The summed E-state index contributed by atoms with van der Waals surface area (Å²) in [6.07, 6.45) is 79.7. The van der Waals surface area contributed by atoms with Crippen LogP contribution in [-0.2, 0) is 23.8 Å². The van der Waals surface area contributed by atoms with Crippen LogP contribution in [0.4, 0.5) is 0 Å². The molecule has 1 aliphatic rings. The standard InChI is InChI=1S/C78H143NO10/c1-3-5-7-9-11-13-15-16-43-46-50-54-58-62-66-74(83)87-67-63-59-55-51-47-44-41-39-37-35-33-31-29-27-25-23-21-19-17-18-20-22-24-26-28-30-32-34-36-38-40-42-45-49-53-57-61-65-73(82)79-70(69-88-78-77(86)76(85)75(84)72(68-80)89-78)71(81)64-60-56-52-48-14-12-10-8-6-4-2/h14-17,19,23,25,48,60,64,70-72,75-78,80-81,84-86H,3-13,18,20-22,24,26-47,49-59,61-63,65-69H2,1-2H3,(H,79,82)/b16-15-,19-17-,25-23-,48-14+,64-60+. The molecule has 1 amide bonds. The van der Waals surface area contributed by atoms with Crippen molar-refractivity contribution in [2.75, 3.05) is 19.8 Å². The molecule has 0 aliphatic carbocycles. The SMILES string of the molecule is CCCCCC/C=C/CC/C=C/C(O)C(COC1OC(CO)C(O)C(O)C1O)NC(=O)CCCCCCCCCCCCCCCCCCC/C=C\C/C=C\CCCCCCCCCCCCCCCOC(=O)CCCCCCC/C=C\CCCCCCC. The molecule has 0 radical (unpaired) electrons. The zero-order valence-electron chi connectivity index (χ0n) is 57.9. The molecule has 0 bridgehead atoms. The second-order valence-corrected chi connectivity index (χ2v) is 26.3. The molecule has 7 unspecified atom stereocenters. The third kappa shape index (κ3) is 55.5. The monoisotopic (exact) mass is 1250 g/mol. The molecule has 89 heavy (non-hydrogen) atoms. The van der Waals surface area contributed by atoms with Crippen molar-refractivity contribution in [3.8, 4) is 0 Å². The summed E-state index contributed by atoms with van der Waals surface area (Å²) < 4.78 is 16.7. The molecule has 1 fully saturated rings. The Morgan fingerprint density at radius 3 is 1.19 bits per heavy atom.